The van der Waals surface area contributed by atoms with Gasteiger partial charge in [0, 0.05) is 10.8 Å². The lowest BCUT2D eigenvalue weighted by Crippen LogP contribution is -2.03. The van der Waals surface area contributed by atoms with Crippen LogP contribution in [-0.2, 0) is 6.54 Å². The highest BCUT2D eigenvalue weighted by Crippen LogP contribution is 2.24. The Morgan fingerprint density at radius 3 is 2.96 bits per heavy atom. The second-order valence-corrected chi connectivity index (χ2v) is 6.84. The van der Waals surface area contributed by atoms with Gasteiger partial charge in [0.05, 0.1) is 12.9 Å². The van der Waals surface area contributed by atoms with E-state index in [1.165, 1.54) is 12.1 Å². The molecule has 5 nitrogen and oxygen atoms in total. The number of hydrogen-bond acceptors (Lipinski definition) is 5. The lowest BCUT2D eigenvalue weighted by atomic mass is 10.2. The van der Waals surface area contributed by atoms with Crippen LogP contribution in [0.25, 0.3) is 11.2 Å². The first kappa shape index (κ1) is 17.0. The molecule has 0 fully saturated rings. The van der Waals surface area contributed by atoms with E-state index in [4.69, 9.17) is 17.3 Å². The molecule has 0 saturated carbocycles. The van der Waals surface area contributed by atoms with Crippen molar-refractivity contribution in [2.24, 2.45) is 0 Å². The molecule has 0 atom stereocenters. The predicted octanol–water partition coefficient (Wildman–Crippen LogP) is 4.14. The summed E-state index contributed by atoms with van der Waals surface area (Å²) in [6.45, 7) is 2.50. The standard InChI is InChI=1S/C16H17ClFN5S/c1-2-3-6-24-16-21-14(19)13-15(22-16)23(9-20-13)8-10-7-11(18)4-5-12(10)17/h4-5,7,9H,2-3,6,8H2,1H3,(H2,19,21,22). The maximum Gasteiger partial charge on any atom is 0.191 e. The molecule has 0 saturated heterocycles. The lowest BCUT2D eigenvalue weighted by molar-refractivity contribution is 0.624. The number of aromatic nitrogens is 4. The van der Waals surface area contributed by atoms with Gasteiger partial charge in [0.25, 0.3) is 0 Å². The molecule has 0 unspecified atom stereocenters. The van der Waals surface area contributed by atoms with Crippen molar-refractivity contribution in [3.05, 3.63) is 40.9 Å². The number of imidazole rings is 1. The average molecular weight is 366 g/mol. The highest BCUT2D eigenvalue weighted by molar-refractivity contribution is 7.99. The summed E-state index contributed by atoms with van der Waals surface area (Å²) in [5, 5.41) is 1.12. The molecule has 2 N–H and O–H groups in total. The van der Waals surface area contributed by atoms with Gasteiger partial charge in [-0.05, 0) is 30.2 Å². The Balaban J connectivity index is 1.94. The minimum Gasteiger partial charge on any atom is -0.382 e. The van der Waals surface area contributed by atoms with Crippen LogP contribution in [0.4, 0.5) is 10.2 Å². The third-order valence-corrected chi connectivity index (χ3v) is 4.85. The third kappa shape index (κ3) is 3.62. The maximum atomic E-state index is 13.5. The molecule has 0 aliphatic carbocycles. The normalized spacial score (nSPS) is 11.3. The molecule has 0 amide bonds. The van der Waals surface area contributed by atoms with E-state index in [-0.39, 0.29) is 5.82 Å². The molecule has 0 spiro atoms. The van der Waals surface area contributed by atoms with E-state index in [9.17, 15) is 4.39 Å². The number of fused-ring (bicyclic) bond motifs is 1. The molecule has 8 heteroatoms. The average Bonchev–Trinajstić information content (AvgIpc) is 2.95. The van der Waals surface area contributed by atoms with Crippen LogP contribution in [0.15, 0.2) is 29.7 Å². The van der Waals surface area contributed by atoms with Crippen molar-refractivity contribution < 1.29 is 4.39 Å². The van der Waals surface area contributed by atoms with E-state index in [1.807, 2.05) is 0 Å². The van der Waals surface area contributed by atoms with Crippen LogP contribution in [0.5, 0.6) is 0 Å². The van der Waals surface area contributed by atoms with Gasteiger partial charge >= 0.3 is 0 Å². The quantitative estimate of drug-likeness (QED) is 0.404. The second kappa shape index (κ2) is 7.36. The van der Waals surface area contributed by atoms with Crippen LogP contribution in [0.1, 0.15) is 25.3 Å². The molecule has 24 heavy (non-hydrogen) atoms. The van der Waals surface area contributed by atoms with Crippen molar-refractivity contribution in [3.63, 3.8) is 0 Å². The summed E-state index contributed by atoms with van der Waals surface area (Å²) in [5.74, 6) is 0.956. The zero-order valence-corrected chi connectivity index (χ0v) is 14.7. The van der Waals surface area contributed by atoms with Gasteiger partial charge in [-0.3, -0.25) is 0 Å². The van der Waals surface area contributed by atoms with Crippen LogP contribution in [-0.4, -0.2) is 25.3 Å². The number of hydrogen-bond donors (Lipinski definition) is 1. The second-order valence-electron chi connectivity index (χ2n) is 5.37. The fraction of sp³-hybridized carbons (Fsp3) is 0.312. The Morgan fingerprint density at radius 2 is 2.17 bits per heavy atom. The van der Waals surface area contributed by atoms with E-state index >= 15 is 0 Å². The smallest absolute Gasteiger partial charge is 0.191 e. The number of benzene rings is 1. The number of rotatable bonds is 6. The number of nitrogens with two attached hydrogens (primary N) is 1. The number of anilines is 1. The molecule has 2 heterocycles. The molecule has 3 rings (SSSR count). The number of thioether (sulfide) groups is 1. The zero-order chi connectivity index (χ0) is 17.1. The van der Waals surface area contributed by atoms with E-state index in [0.717, 1.165) is 18.6 Å². The van der Waals surface area contributed by atoms with Gasteiger partial charge in [0.15, 0.2) is 16.6 Å². The molecular weight excluding hydrogens is 349 g/mol. The van der Waals surface area contributed by atoms with Gasteiger partial charge in [0.1, 0.15) is 11.3 Å². The first-order chi connectivity index (χ1) is 11.6. The molecule has 0 radical (unpaired) electrons. The van der Waals surface area contributed by atoms with Crippen LogP contribution in [0, 0.1) is 5.82 Å². The first-order valence-electron chi connectivity index (χ1n) is 7.63. The molecule has 126 valence electrons. The highest BCUT2D eigenvalue weighted by atomic mass is 35.5. The predicted molar refractivity (Wildman–Crippen MR) is 95.9 cm³/mol. The molecular formula is C16H17ClFN5S. The van der Waals surface area contributed by atoms with E-state index in [1.54, 1.807) is 28.7 Å². The summed E-state index contributed by atoms with van der Waals surface area (Å²) in [7, 11) is 0. The van der Waals surface area contributed by atoms with Crippen molar-refractivity contribution >= 4 is 40.3 Å². The third-order valence-electron chi connectivity index (χ3n) is 3.55. The monoisotopic (exact) mass is 365 g/mol. The van der Waals surface area contributed by atoms with Gasteiger partial charge in [-0.25, -0.2) is 19.3 Å². The molecule has 0 aliphatic rings. The first-order valence-corrected chi connectivity index (χ1v) is 9.00. The zero-order valence-electron chi connectivity index (χ0n) is 13.2. The molecule has 0 bridgehead atoms. The SMILES string of the molecule is CCCCSc1nc(N)c2ncn(Cc3cc(F)ccc3Cl)c2n1. The van der Waals surface area contributed by atoms with Crippen molar-refractivity contribution in [1.29, 1.82) is 0 Å². The number of nitrogen functional groups attached to an aromatic ring is 1. The van der Waals surface area contributed by atoms with Gasteiger partial charge < -0.3 is 10.3 Å². The van der Waals surface area contributed by atoms with Gasteiger partial charge in [-0.15, -0.1) is 0 Å². The summed E-state index contributed by atoms with van der Waals surface area (Å²) in [6.07, 6.45) is 3.82. The largest absolute Gasteiger partial charge is 0.382 e. The number of unbranched alkanes of at least 4 members (excludes halogenated alkanes) is 1. The van der Waals surface area contributed by atoms with Crippen molar-refractivity contribution in [1.82, 2.24) is 19.5 Å². The maximum absolute atomic E-state index is 13.5. The minimum absolute atomic E-state index is 0.330. The van der Waals surface area contributed by atoms with Crippen LogP contribution >= 0.6 is 23.4 Å². The van der Waals surface area contributed by atoms with Gasteiger partial charge in [-0.1, -0.05) is 36.7 Å². The lowest BCUT2D eigenvalue weighted by Gasteiger charge is -2.07. The Kier molecular flexibility index (Phi) is 5.20. The molecule has 1 aromatic carbocycles. The van der Waals surface area contributed by atoms with Crippen LogP contribution in [0.2, 0.25) is 5.02 Å². The molecule has 2 aromatic heterocycles. The summed E-state index contributed by atoms with van der Waals surface area (Å²) in [4.78, 5) is 13.1. The fourth-order valence-corrected chi connectivity index (χ4v) is 3.39. The summed E-state index contributed by atoms with van der Waals surface area (Å²) in [6, 6.07) is 4.29. The summed E-state index contributed by atoms with van der Waals surface area (Å²) >= 11 is 7.72. The highest BCUT2D eigenvalue weighted by Gasteiger charge is 2.13. The number of nitrogens with zero attached hydrogens (tertiary/aromatic N) is 4. The van der Waals surface area contributed by atoms with Gasteiger partial charge in [-0.2, -0.15) is 0 Å². The molecule has 0 aliphatic heterocycles. The Bertz CT molecular complexity index is 867. The van der Waals surface area contributed by atoms with E-state index < -0.39 is 0 Å². The Labute approximate surface area is 148 Å². The van der Waals surface area contributed by atoms with Gasteiger partial charge in [0.2, 0.25) is 0 Å². The van der Waals surface area contributed by atoms with Crippen LogP contribution < -0.4 is 5.73 Å². The minimum atomic E-state index is -0.330. The topological polar surface area (TPSA) is 69.6 Å². The van der Waals surface area contributed by atoms with Crippen molar-refractivity contribution in [3.8, 4) is 0 Å². The summed E-state index contributed by atoms with van der Waals surface area (Å²) < 4.78 is 15.3. The van der Waals surface area contributed by atoms with Crippen molar-refractivity contribution in [2.75, 3.05) is 11.5 Å². The fourth-order valence-electron chi connectivity index (χ4n) is 2.28. The van der Waals surface area contributed by atoms with Crippen LogP contribution in [0.3, 0.4) is 0 Å². The molecule has 3 aromatic rings. The Morgan fingerprint density at radius 1 is 1.33 bits per heavy atom. The number of halogens is 2. The van der Waals surface area contributed by atoms with E-state index in [0.29, 0.717) is 39.3 Å². The summed E-state index contributed by atoms with van der Waals surface area (Å²) in [5.41, 5.74) is 7.83. The van der Waals surface area contributed by atoms with E-state index in [2.05, 4.69) is 21.9 Å². The Hall–Kier alpha value is -1.86. The van der Waals surface area contributed by atoms with Crippen molar-refractivity contribution in [2.45, 2.75) is 31.5 Å².